The maximum Gasteiger partial charge on any atom is 0.164 e. The predicted octanol–water partition coefficient (Wildman–Crippen LogP) is 7.43. The molecule has 0 radical (unpaired) electrons. The first-order chi connectivity index (χ1) is 20.2. The fourth-order valence-electron chi connectivity index (χ4n) is 5.65. The fourth-order valence-corrected chi connectivity index (χ4v) is 5.91. The molecule has 9 rings (SSSR count). The van der Waals surface area contributed by atoms with Gasteiger partial charge in [0.05, 0.1) is 5.02 Å². The summed E-state index contributed by atoms with van der Waals surface area (Å²) in [5.41, 5.74) is 6.72. The quantitative estimate of drug-likeness (QED) is 0.204. The van der Waals surface area contributed by atoms with Crippen molar-refractivity contribution >= 4 is 33.7 Å². The van der Waals surface area contributed by atoms with E-state index in [9.17, 15) is 0 Å². The predicted molar refractivity (Wildman–Crippen MR) is 159 cm³/mol. The lowest BCUT2D eigenvalue weighted by molar-refractivity contribution is 1.15. The van der Waals surface area contributed by atoms with E-state index in [1.165, 1.54) is 0 Å². The Kier molecular flexibility index (Phi) is 4.51. The van der Waals surface area contributed by atoms with Crippen LogP contribution in [0.3, 0.4) is 0 Å². The van der Waals surface area contributed by atoms with Gasteiger partial charge >= 0.3 is 0 Å². The Morgan fingerprint density at radius 3 is 1.46 bits per heavy atom. The van der Waals surface area contributed by atoms with E-state index in [0.717, 1.165) is 49.8 Å². The monoisotopic (exact) mass is 548 g/mol. The highest BCUT2D eigenvalue weighted by molar-refractivity contribution is 6.37. The number of hydrogen-bond donors (Lipinski definition) is 2. The SMILES string of the molecule is Clc1cccc2c3[nH]c4nc(nc5nc(nc6nc(nc([nH]3)c12)-c1ccccc1-6)-c1ccccc1-5)-c1ccccc1-4. The summed E-state index contributed by atoms with van der Waals surface area (Å²) < 4.78 is 0. The summed E-state index contributed by atoms with van der Waals surface area (Å²) in [6.45, 7) is 0. The van der Waals surface area contributed by atoms with Gasteiger partial charge in [-0.25, -0.2) is 29.9 Å². The van der Waals surface area contributed by atoms with Crippen LogP contribution in [0.25, 0.3) is 90.4 Å². The number of nitrogens with zero attached hydrogens (tertiary/aromatic N) is 6. The van der Waals surface area contributed by atoms with Gasteiger partial charge in [-0.15, -0.1) is 0 Å². The molecule has 5 heterocycles. The molecule has 3 aliphatic heterocycles. The normalized spacial score (nSPS) is 12.0. The maximum atomic E-state index is 6.74. The van der Waals surface area contributed by atoms with E-state index >= 15 is 0 Å². The number of fused-ring (bicyclic) bond motifs is 20. The number of halogens is 1. The van der Waals surface area contributed by atoms with Crippen LogP contribution in [-0.4, -0.2) is 39.9 Å². The van der Waals surface area contributed by atoms with Crippen LogP contribution in [0.4, 0.5) is 0 Å². The van der Waals surface area contributed by atoms with Gasteiger partial charge < -0.3 is 9.97 Å². The number of H-pyrrole nitrogens is 2. The Bertz CT molecular complexity index is 2300. The molecule has 9 heteroatoms. The summed E-state index contributed by atoms with van der Waals surface area (Å²) >= 11 is 6.74. The third kappa shape index (κ3) is 3.28. The van der Waals surface area contributed by atoms with E-state index in [1.54, 1.807) is 0 Å². The second kappa shape index (κ2) is 8.27. The minimum absolute atomic E-state index is 0.542. The third-order valence-electron chi connectivity index (χ3n) is 7.53. The molecule has 0 atom stereocenters. The topological polar surface area (TPSA) is 109 Å². The molecule has 0 saturated heterocycles. The van der Waals surface area contributed by atoms with E-state index in [2.05, 4.69) is 9.97 Å². The highest BCUT2D eigenvalue weighted by Crippen LogP contribution is 2.39. The van der Waals surface area contributed by atoms with Gasteiger partial charge in [-0.05, 0) is 6.07 Å². The molecule has 0 unspecified atom stereocenters. The van der Waals surface area contributed by atoms with Crippen LogP contribution in [0.1, 0.15) is 0 Å². The standard InChI is InChI=1S/C32H17ClN8/c33-23-15-7-14-22-24(23)32-40-30-21-13-6-5-12-20(21)28(38-30)36-26-17-9-2-1-8-16(17)25(34-26)35-27-18-10-3-4-11-19(18)29(37-27)39-31(22)41-32/h1-15H,(H2,34,35,36,37,38,39,40,41). The molecule has 2 aromatic heterocycles. The number of benzene rings is 4. The van der Waals surface area contributed by atoms with Crippen molar-refractivity contribution in [1.82, 2.24) is 39.9 Å². The lowest BCUT2D eigenvalue weighted by atomic mass is 10.1. The van der Waals surface area contributed by atoms with E-state index in [-0.39, 0.29) is 0 Å². The second-order valence-electron chi connectivity index (χ2n) is 9.91. The largest absolute Gasteiger partial charge is 0.325 e. The Hall–Kier alpha value is -5.47. The molecular weight excluding hydrogens is 532 g/mol. The van der Waals surface area contributed by atoms with E-state index in [4.69, 9.17) is 41.5 Å². The molecule has 0 amide bonds. The smallest absolute Gasteiger partial charge is 0.164 e. The van der Waals surface area contributed by atoms with Gasteiger partial charge in [-0.2, -0.15) is 0 Å². The zero-order valence-electron chi connectivity index (χ0n) is 21.2. The first-order valence-electron chi connectivity index (χ1n) is 13.1. The Morgan fingerprint density at radius 1 is 0.439 bits per heavy atom. The maximum absolute atomic E-state index is 6.74. The highest BCUT2D eigenvalue weighted by Gasteiger charge is 2.24. The summed E-state index contributed by atoms with van der Waals surface area (Å²) in [6, 6.07) is 29.7. The Balaban J connectivity index is 1.49. The molecule has 3 aliphatic rings. The third-order valence-corrected chi connectivity index (χ3v) is 7.84. The Labute approximate surface area is 237 Å². The minimum atomic E-state index is 0.542. The molecule has 0 spiro atoms. The molecule has 192 valence electrons. The summed E-state index contributed by atoms with van der Waals surface area (Å²) in [5, 5.41) is 2.26. The molecule has 8 bridgehead atoms. The van der Waals surface area contributed by atoms with Crippen molar-refractivity contribution in [1.29, 1.82) is 0 Å². The number of rotatable bonds is 0. The Morgan fingerprint density at radius 2 is 0.902 bits per heavy atom. The first-order valence-corrected chi connectivity index (χ1v) is 13.5. The van der Waals surface area contributed by atoms with Crippen molar-refractivity contribution in [2.45, 2.75) is 0 Å². The molecule has 0 saturated carbocycles. The van der Waals surface area contributed by atoms with Crippen LogP contribution in [0.5, 0.6) is 0 Å². The molecule has 4 aromatic carbocycles. The van der Waals surface area contributed by atoms with Gasteiger partial charge in [-0.3, -0.25) is 0 Å². The summed E-state index contributed by atoms with van der Waals surface area (Å²) in [4.78, 5) is 36.6. The molecular formula is C32H17ClN8. The number of nitrogens with one attached hydrogen (secondary N) is 2. The lowest BCUT2D eigenvalue weighted by Gasteiger charge is -1.99. The molecule has 6 aromatic rings. The van der Waals surface area contributed by atoms with Gasteiger partial charge in [0.2, 0.25) is 0 Å². The van der Waals surface area contributed by atoms with Crippen LogP contribution in [0.2, 0.25) is 5.02 Å². The van der Waals surface area contributed by atoms with Crippen molar-refractivity contribution in [3.05, 3.63) is 96.0 Å². The van der Waals surface area contributed by atoms with Gasteiger partial charge in [-0.1, -0.05) is 96.5 Å². The number of hydrogen-bond acceptors (Lipinski definition) is 6. The van der Waals surface area contributed by atoms with Gasteiger partial charge in [0.1, 0.15) is 17.1 Å². The van der Waals surface area contributed by atoms with Crippen LogP contribution in [0.15, 0.2) is 91.0 Å². The molecule has 8 nitrogen and oxygen atoms in total. The molecule has 41 heavy (non-hydrogen) atoms. The van der Waals surface area contributed by atoms with Crippen LogP contribution in [0, 0.1) is 0 Å². The second-order valence-corrected chi connectivity index (χ2v) is 10.3. The van der Waals surface area contributed by atoms with Gasteiger partial charge in [0.25, 0.3) is 0 Å². The van der Waals surface area contributed by atoms with Crippen molar-refractivity contribution < 1.29 is 0 Å². The molecule has 0 fully saturated rings. The average molecular weight is 549 g/mol. The van der Waals surface area contributed by atoms with E-state index in [0.29, 0.717) is 45.6 Å². The lowest BCUT2D eigenvalue weighted by Crippen LogP contribution is -1.85. The number of aromatic nitrogens is 8. The fraction of sp³-hybridized carbons (Fsp3) is 0. The average Bonchev–Trinajstić information content (AvgIpc) is 3.73. The number of aromatic amines is 2. The van der Waals surface area contributed by atoms with Crippen LogP contribution >= 0.6 is 11.6 Å². The molecule has 0 aliphatic carbocycles. The summed E-state index contributed by atoms with van der Waals surface area (Å²) in [5.74, 6) is 3.43. The zero-order valence-corrected chi connectivity index (χ0v) is 22.0. The van der Waals surface area contributed by atoms with Crippen LogP contribution < -0.4 is 0 Å². The zero-order chi connectivity index (χ0) is 27.1. The van der Waals surface area contributed by atoms with Gasteiger partial charge in [0, 0.05) is 44.2 Å². The summed E-state index contributed by atoms with van der Waals surface area (Å²) in [7, 11) is 0. The summed E-state index contributed by atoms with van der Waals surface area (Å²) in [6.07, 6.45) is 0. The van der Waals surface area contributed by atoms with E-state index in [1.807, 2.05) is 91.0 Å². The van der Waals surface area contributed by atoms with Gasteiger partial charge in [0.15, 0.2) is 29.1 Å². The van der Waals surface area contributed by atoms with Crippen molar-refractivity contribution in [2.75, 3.05) is 0 Å². The molecule has 2 N–H and O–H groups in total. The van der Waals surface area contributed by atoms with Crippen molar-refractivity contribution in [2.24, 2.45) is 0 Å². The van der Waals surface area contributed by atoms with Crippen molar-refractivity contribution in [3.8, 4) is 68.3 Å². The highest BCUT2D eigenvalue weighted by atomic mass is 35.5. The van der Waals surface area contributed by atoms with Crippen LogP contribution in [-0.2, 0) is 0 Å². The van der Waals surface area contributed by atoms with E-state index < -0.39 is 0 Å². The van der Waals surface area contributed by atoms with Crippen molar-refractivity contribution in [3.63, 3.8) is 0 Å². The first kappa shape index (κ1) is 22.4. The minimum Gasteiger partial charge on any atom is -0.325 e.